The fourth-order valence-electron chi connectivity index (χ4n) is 3.05. The summed E-state index contributed by atoms with van der Waals surface area (Å²) in [6.45, 7) is 0.114. The summed E-state index contributed by atoms with van der Waals surface area (Å²) in [5.74, 6) is -1.03. The number of hydrogen-bond donors (Lipinski definition) is 3. The van der Waals surface area contributed by atoms with E-state index >= 15 is 0 Å². The number of carbonyl (C=O) groups is 3. The first-order valence-corrected chi connectivity index (χ1v) is 10.1. The quantitative estimate of drug-likeness (QED) is 0.284. The predicted molar refractivity (Wildman–Crippen MR) is 124 cm³/mol. The predicted octanol–water partition coefficient (Wildman–Crippen LogP) is 3.03. The molecule has 0 radical (unpaired) electrons. The number of fused-ring (bicyclic) bond motifs is 1. The molecule has 0 saturated heterocycles. The van der Waals surface area contributed by atoms with Crippen molar-refractivity contribution in [2.75, 3.05) is 6.79 Å². The van der Waals surface area contributed by atoms with Crippen molar-refractivity contribution in [3.63, 3.8) is 0 Å². The summed E-state index contributed by atoms with van der Waals surface area (Å²) in [6.07, 6.45) is 2.86. The molecule has 9 heteroatoms. The van der Waals surface area contributed by atoms with Crippen molar-refractivity contribution < 1.29 is 29.0 Å². The minimum atomic E-state index is -1.04. The standard InChI is InChI=1S/C25H19N3O6/c29-23(18-4-2-1-3-5-18)27-20(12-17-8-11-21-22(13-17)34-15-33-21)24(30)28-26-14-16-6-9-19(10-7-16)25(31)32/h1-14H,15H2,(H,27,29)(H,28,30)(H,31,32)/b20-12+,26-14-. The van der Waals surface area contributed by atoms with E-state index in [0.717, 1.165) is 0 Å². The van der Waals surface area contributed by atoms with Crippen LogP contribution in [0.3, 0.4) is 0 Å². The fourth-order valence-corrected chi connectivity index (χ4v) is 3.05. The lowest BCUT2D eigenvalue weighted by atomic mass is 10.1. The fraction of sp³-hybridized carbons (Fsp3) is 0.0400. The molecule has 2 amide bonds. The van der Waals surface area contributed by atoms with E-state index in [1.807, 2.05) is 0 Å². The van der Waals surface area contributed by atoms with Gasteiger partial charge in [-0.1, -0.05) is 36.4 Å². The highest BCUT2D eigenvalue weighted by Gasteiger charge is 2.16. The number of carbonyl (C=O) groups excluding carboxylic acids is 2. The minimum Gasteiger partial charge on any atom is -0.478 e. The van der Waals surface area contributed by atoms with E-state index in [0.29, 0.717) is 28.2 Å². The number of carboxylic acids is 1. The molecule has 1 aliphatic rings. The van der Waals surface area contributed by atoms with E-state index in [1.165, 1.54) is 24.4 Å². The molecule has 0 unspecified atom stereocenters. The molecular formula is C25H19N3O6. The van der Waals surface area contributed by atoms with Gasteiger partial charge in [-0.2, -0.15) is 5.10 Å². The summed E-state index contributed by atoms with van der Waals surface area (Å²) < 4.78 is 10.7. The Kier molecular flexibility index (Phi) is 6.64. The average Bonchev–Trinajstić information content (AvgIpc) is 3.32. The lowest BCUT2D eigenvalue weighted by molar-refractivity contribution is -0.117. The Morgan fingerprint density at radius 2 is 1.56 bits per heavy atom. The van der Waals surface area contributed by atoms with Gasteiger partial charge in [0.15, 0.2) is 11.5 Å². The van der Waals surface area contributed by atoms with Gasteiger partial charge in [0.05, 0.1) is 11.8 Å². The molecular weight excluding hydrogens is 438 g/mol. The molecule has 3 aromatic rings. The molecule has 0 bridgehead atoms. The van der Waals surface area contributed by atoms with Gasteiger partial charge in [-0.3, -0.25) is 9.59 Å². The molecule has 3 aromatic carbocycles. The second-order valence-electron chi connectivity index (χ2n) is 7.12. The van der Waals surface area contributed by atoms with Crippen molar-refractivity contribution in [2.45, 2.75) is 0 Å². The van der Waals surface area contributed by atoms with Crippen LogP contribution >= 0.6 is 0 Å². The lowest BCUT2D eigenvalue weighted by Gasteiger charge is -2.09. The van der Waals surface area contributed by atoms with Gasteiger partial charge in [0.25, 0.3) is 11.8 Å². The summed E-state index contributed by atoms with van der Waals surface area (Å²) in [5, 5.41) is 15.5. The highest BCUT2D eigenvalue weighted by atomic mass is 16.7. The lowest BCUT2D eigenvalue weighted by Crippen LogP contribution is -2.32. The van der Waals surface area contributed by atoms with Crippen LogP contribution in [0, 0.1) is 0 Å². The van der Waals surface area contributed by atoms with Crippen LogP contribution in [0.25, 0.3) is 6.08 Å². The maximum absolute atomic E-state index is 12.8. The Hall–Kier alpha value is -4.92. The first-order chi connectivity index (χ1) is 16.5. The van der Waals surface area contributed by atoms with Crippen molar-refractivity contribution in [3.8, 4) is 11.5 Å². The van der Waals surface area contributed by atoms with Gasteiger partial charge in [0.2, 0.25) is 6.79 Å². The van der Waals surface area contributed by atoms with Gasteiger partial charge in [0.1, 0.15) is 5.70 Å². The maximum Gasteiger partial charge on any atom is 0.335 e. The number of nitrogens with zero attached hydrogens (tertiary/aromatic N) is 1. The first kappa shape index (κ1) is 22.3. The second kappa shape index (κ2) is 10.1. The molecule has 0 saturated carbocycles. The van der Waals surface area contributed by atoms with E-state index < -0.39 is 17.8 Å². The summed E-state index contributed by atoms with van der Waals surface area (Å²) in [5.41, 5.74) is 4.05. The van der Waals surface area contributed by atoms with Gasteiger partial charge in [-0.05, 0) is 53.6 Å². The third-order valence-electron chi connectivity index (χ3n) is 4.77. The Morgan fingerprint density at radius 3 is 2.29 bits per heavy atom. The second-order valence-corrected chi connectivity index (χ2v) is 7.12. The number of hydrazone groups is 1. The largest absolute Gasteiger partial charge is 0.478 e. The smallest absolute Gasteiger partial charge is 0.335 e. The molecule has 9 nitrogen and oxygen atoms in total. The first-order valence-electron chi connectivity index (χ1n) is 10.1. The molecule has 34 heavy (non-hydrogen) atoms. The van der Waals surface area contributed by atoms with E-state index in [-0.39, 0.29) is 18.1 Å². The summed E-state index contributed by atoms with van der Waals surface area (Å²) in [4.78, 5) is 36.4. The van der Waals surface area contributed by atoms with Crippen LogP contribution in [0.5, 0.6) is 11.5 Å². The Morgan fingerprint density at radius 1 is 0.853 bits per heavy atom. The van der Waals surface area contributed by atoms with E-state index in [9.17, 15) is 14.4 Å². The Labute approximate surface area is 194 Å². The topological polar surface area (TPSA) is 126 Å². The highest BCUT2D eigenvalue weighted by molar-refractivity contribution is 6.05. The van der Waals surface area contributed by atoms with E-state index in [4.69, 9.17) is 14.6 Å². The van der Waals surface area contributed by atoms with Crippen LogP contribution < -0.4 is 20.2 Å². The average molecular weight is 457 g/mol. The number of benzene rings is 3. The van der Waals surface area contributed by atoms with Gasteiger partial charge in [-0.25, -0.2) is 10.2 Å². The number of nitrogens with one attached hydrogen (secondary N) is 2. The van der Waals surface area contributed by atoms with Crippen LogP contribution in [-0.4, -0.2) is 35.9 Å². The van der Waals surface area contributed by atoms with Crippen LogP contribution in [-0.2, 0) is 4.79 Å². The van der Waals surface area contributed by atoms with E-state index in [1.54, 1.807) is 60.7 Å². The molecule has 0 aromatic heterocycles. The normalized spacial score (nSPS) is 12.4. The summed E-state index contributed by atoms with van der Waals surface area (Å²) >= 11 is 0. The Bertz CT molecular complexity index is 1280. The summed E-state index contributed by atoms with van der Waals surface area (Å²) in [6, 6.07) is 19.6. The molecule has 170 valence electrons. The van der Waals surface area contributed by atoms with Gasteiger partial charge in [0, 0.05) is 5.56 Å². The number of rotatable bonds is 7. The SMILES string of the molecule is O=C(N/N=C\c1ccc(C(=O)O)cc1)/C(=C\c1ccc2c(c1)OCO2)NC(=O)c1ccccc1. The maximum atomic E-state index is 12.8. The number of ether oxygens (including phenoxy) is 2. The molecule has 0 atom stereocenters. The molecule has 1 heterocycles. The van der Waals surface area contributed by atoms with Crippen LogP contribution in [0.1, 0.15) is 31.8 Å². The molecule has 3 N–H and O–H groups in total. The molecule has 0 spiro atoms. The third-order valence-corrected chi connectivity index (χ3v) is 4.77. The molecule has 0 fully saturated rings. The van der Waals surface area contributed by atoms with Crippen LogP contribution in [0.2, 0.25) is 0 Å². The van der Waals surface area contributed by atoms with Crippen molar-refractivity contribution in [1.82, 2.24) is 10.7 Å². The molecule has 0 aliphatic carbocycles. The third kappa shape index (κ3) is 5.46. The number of aromatic carboxylic acids is 1. The van der Waals surface area contributed by atoms with Crippen molar-refractivity contribution >= 4 is 30.1 Å². The molecule has 4 rings (SSSR count). The molecule has 1 aliphatic heterocycles. The number of carboxylic acid groups (broad SMARTS) is 1. The monoisotopic (exact) mass is 457 g/mol. The van der Waals surface area contributed by atoms with Crippen molar-refractivity contribution in [1.29, 1.82) is 0 Å². The van der Waals surface area contributed by atoms with Gasteiger partial charge in [-0.15, -0.1) is 0 Å². The van der Waals surface area contributed by atoms with Crippen molar-refractivity contribution in [3.05, 3.63) is 101 Å². The zero-order chi connectivity index (χ0) is 23.9. The zero-order valence-electron chi connectivity index (χ0n) is 17.7. The van der Waals surface area contributed by atoms with Gasteiger partial charge >= 0.3 is 5.97 Å². The highest BCUT2D eigenvalue weighted by Crippen LogP contribution is 2.33. The minimum absolute atomic E-state index is 0.0360. The van der Waals surface area contributed by atoms with Crippen LogP contribution in [0.15, 0.2) is 83.6 Å². The van der Waals surface area contributed by atoms with Crippen molar-refractivity contribution in [2.24, 2.45) is 5.10 Å². The summed E-state index contributed by atoms with van der Waals surface area (Å²) in [7, 11) is 0. The number of amides is 2. The van der Waals surface area contributed by atoms with Crippen LogP contribution in [0.4, 0.5) is 0 Å². The van der Waals surface area contributed by atoms with Gasteiger partial charge < -0.3 is 19.9 Å². The van der Waals surface area contributed by atoms with E-state index in [2.05, 4.69) is 15.8 Å². The zero-order valence-corrected chi connectivity index (χ0v) is 17.7. The Balaban J connectivity index is 1.53. The number of hydrogen-bond acceptors (Lipinski definition) is 6.